The first kappa shape index (κ1) is 12.7. The van der Waals surface area contributed by atoms with Crippen LogP contribution in [0.3, 0.4) is 0 Å². The molecular weight excluding hydrogens is 230 g/mol. The lowest BCUT2D eigenvalue weighted by atomic mass is 10.2. The second-order valence-corrected chi connectivity index (χ2v) is 3.77. The molecule has 0 aliphatic carbocycles. The molecule has 0 spiro atoms. The molecule has 1 aromatic heterocycles. The lowest BCUT2D eigenvalue weighted by Crippen LogP contribution is -2.31. The van der Waals surface area contributed by atoms with Crippen molar-refractivity contribution in [1.29, 1.82) is 0 Å². The molecule has 6 heteroatoms. The number of ether oxygens (including phenoxy) is 1. The van der Waals surface area contributed by atoms with Gasteiger partial charge < -0.3 is 4.74 Å². The summed E-state index contributed by atoms with van der Waals surface area (Å²) >= 11 is 0. The van der Waals surface area contributed by atoms with Crippen molar-refractivity contribution in [3.05, 3.63) is 42.2 Å². The zero-order valence-electron chi connectivity index (χ0n) is 10.3. The first-order valence-electron chi connectivity index (χ1n) is 5.86. The van der Waals surface area contributed by atoms with Gasteiger partial charge in [0.05, 0.1) is 24.5 Å². The minimum atomic E-state index is -0.151. The summed E-state index contributed by atoms with van der Waals surface area (Å²) in [5.74, 6) is 5.49. The van der Waals surface area contributed by atoms with Gasteiger partial charge in [0, 0.05) is 6.61 Å². The summed E-state index contributed by atoms with van der Waals surface area (Å²) in [5, 5.41) is 8.61. The lowest BCUT2D eigenvalue weighted by molar-refractivity contribution is 0.122. The predicted molar refractivity (Wildman–Crippen MR) is 67.9 cm³/mol. The fourth-order valence-electron chi connectivity index (χ4n) is 1.57. The maximum absolute atomic E-state index is 5.49. The van der Waals surface area contributed by atoms with E-state index in [0.717, 1.165) is 11.4 Å². The topological polar surface area (TPSA) is 78.0 Å². The molecule has 0 aliphatic heterocycles. The number of para-hydroxylation sites is 1. The standard InChI is InChI=1S/C12H17N5O/c1-2-18-9-12(15-13)11-8-14-17(16-11)10-6-4-3-5-7-10/h3-8,12,15H,2,9,13H2,1H3. The van der Waals surface area contributed by atoms with Crippen LogP contribution in [0.5, 0.6) is 0 Å². The van der Waals surface area contributed by atoms with Crippen molar-refractivity contribution in [3.63, 3.8) is 0 Å². The van der Waals surface area contributed by atoms with Crippen LogP contribution in [0.1, 0.15) is 18.7 Å². The fraction of sp³-hybridized carbons (Fsp3) is 0.333. The molecule has 96 valence electrons. The molecule has 0 radical (unpaired) electrons. The number of nitrogens with one attached hydrogen (secondary N) is 1. The average molecular weight is 247 g/mol. The highest BCUT2D eigenvalue weighted by molar-refractivity contribution is 5.28. The van der Waals surface area contributed by atoms with Gasteiger partial charge >= 0.3 is 0 Å². The molecule has 3 N–H and O–H groups in total. The predicted octanol–water partition coefficient (Wildman–Crippen LogP) is 0.808. The van der Waals surface area contributed by atoms with Crippen LogP contribution < -0.4 is 11.3 Å². The highest BCUT2D eigenvalue weighted by Gasteiger charge is 2.14. The molecule has 0 saturated carbocycles. The molecular formula is C12H17N5O. The van der Waals surface area contributed by atoms with Crippen molar-refractivity contribution >= 4 is 0 Å². The third-order valence-corrected chi connectivity index (χ3v) is 2.54. The second kappa shape index (κ2) is 6.25. The molecule has 1 aromatic carbocycles. The van der Waals surface area contributed by atoms with Gasteiger partial charge in [0.1, 0.15) is 5.69 Å². The smallest absolute Gasteiger partial charge is 0.104 e. The molecule has 18 heavy (non-hydrogen) atoms. The van der Waals surface area contributed by atoms with Crippen molar-refractivity contribution in [2.45, 2.75) is 13.0 Å². The van der Waals surface area contributed by atoms with Gasteiger partial charge in [-0.2, -0.15) is 15.0 Å². The van der Waals surface area contributed by atoms with E-state index in [2.05, 4.69) is 15.6 Å². The summed E-state index contributed by atoms with van der Waals surface area (Å²) < 4.78 is 5.34. The number of rotatable bonds is 6. The number of benzene rings is 1. The maximum Gasteiger partial charge on any atom is 0.104 e. The zero-order chi connectivity index (χ0) is 12.8. The Hall–Kier alpha value is -1.76. The van der Waals surface area contributed by atoms with Crippen LogP contribution in [-0.4, -0.2) is 28.2 Å². The Balaban J connectivity index is 2.14. The Morgan fingerprint density at radius 3 is 2.83 bits per heavy atom. The number of aromatic nitrogens is 3. The van der Waals surface area contributed by atoms with Gasteiger partial charge in [-0.1, -0.05) is 18.2 Å². The first-order chi connectivity index (χ1) is 8.85. The molecule has 0 bridgehead atoms. The Labute approximate surface area is 106 Å². The van der Waals surface area contributed by atoms with E-state index in [4.69, 9.17) is 10.6 Å². The zero-order valence-corrected chi connectivity index (χ0v) is 10.3. The number of nitrogens with two attached hydrogens (primary N) is 1. The van der Waals surface area contributed by atoms with Crippen molar-refractivity contribution in [2.75, 3.05) is 13.2 Å². The van der Waals surface area contributed by atoms with Crippen LogP contribution in [0, 0.1) is 0 Å². The van der Waals surface area contributed by atoms with E-state index in [1.165, 1.54) is 0 Å². The van der Waals surface area contributed by atoms with Crippen molar-refractivity contribution in [3.8, 4) is 5.69 Å². The lowest BCUT2D eigenvalue weighted by Gasteiger charge is -2.12. The molecule has 1 unspecified atom stereocenters. The monoisotopic (exact) mass is 247 g/mol. The number of hydrazine groups is 1. The molecule has 2 rings (SSSR count). The normalized spacial score (nSPS) is 12.6. The van der Waals surface area contributed by atoms with Crippen LogP contribution in [0.2, 0.25) is 0 Å². The first-order valence-corrected chi connectivity index (χ1v) is 5.86. The maximum atomic E-state index is 5.49. The van der Waals surface area contributed by atoms with Gasteiger partial charge in [-0.15, -0.1) is 0 Å². The van der Waals surface area contributed by atoms with Gasteiger partial charge in [-0.3, -0.25) is 5.84 Å². The fourth-order valence-corrected chi connectivity index (χ4v) is 1.57. The van der Waals surface area contributed by atoms with Gasteiger partial charge in [-0.05, 0) is 19.1 Å². The van der Waals surface area contributed by atoms with Crippen molar-refractivity contribution in [2.24, 2.45) is 5.84 Å². The second-order valence-electron chi connectivity index (χ2n) is 3.77. The van der Waals surface area contributed by atoms with E-state index >= 15 is 0 Å². The van der Waals surface area contributed by atoms with E-state index < -0.39 is 0 Å². The summed E-state index contributed by atoms with van der Waals surface area (Å²) in [4.78, 5) is 1.58. The largest absolute Gasteiger partial charge is 0.380 e. The van der Waals surface area contributed by atoms with Gasteiger partial charge in [0.15, 0.2) is 0 Å². The molecule has 1 heterocycles. The highest BCUT2D eigenvalue weighted by Crippen LogP contribution is 2.10. The van der Waals surface area contributed by atoms with Crippen LogP contribution in [0.15, 0.2) is 36.5 Å². The summed E-state index contributed by atoms with van der Waals surface area (Å²) in [6, 6.07) is 9.57. The summed E-state index contributed by atoms with van der Waals surface area (Å²) in [6.45, 7) is 3.06. The minimum absolute atomic E-state index is 0.151. The van der Waals surface area contributed by atoms with E-state index in [9.17, 15) is 0 Å². The molecule has 6 nitrogen and oxygen atoms in total. The molecule has 2 aromatic rings. The van der Waals surface area contributed by atoms with Crippen LogP contribution in [-0.2, 0) is 4.74 Å². The van der Waals surface area contributed by atoms with Gasteiger partial charge in [-0.25, -0.2) is 5.43 Å². The SMILES string of the molecule is CCOCC(NN)c1cnn(-c2ccccc2)n1. The highest BCUT2D eigenvalue weighted by atomic mass is 16.5. The van der Waals surface area contributed by atoms with Gasteiger partial charge in [0.25, 0.3) is 0 Å². The Morgan fingerprint density at radius 2 is 2.17 bits per heavy atom. The van der Waals surface area contributed by atoms with Crippen LogP contribution in [0.25, 0.3) is 5.69 Å². The summed E-state index contributed by atoms with van der Waals surface area (Å²) in [5.41, 5.74) is 4.35. The van der Waals surface area contributed by atoms with Crippen molar-refractivity contribution < 1.29 is 4.74 Å². The van der Waals surface area contributed by atoms with Crippen molar-refractivity contribution in [1.82, 2.24) is 20.4 Å². The van der Waals surface area contributed by atoms with E-state index in [1.807, 2.05) is 37.3 Å². The molecule has 0 amide bonds. The molecule has 0 aliphatic rings. The van der Waals surface area contributed by atoms with E-state index in [0.29, 0.717) is 13.2 Å². The molecule has 0 saturated heterocycles. The summed E-state index contributed by atoms with van der Waals surface area (Å²) in [7, 11) is 0. The number of nitrogens with zero attached hydrogens (tertiary/aromatic N) is 3. The van der Waals surface area contributed by atoms with E-state index in [1.54, 1.807) is 11.0 Å². The number of hydrogen-bond acceptors (Lipinski definition) is 5. The quantitative estimate of drug-likeness (QED) is 0.583. The number of hydrogen-bond donors (Lipinski definition) is 2. The minimum Gasteiger partial charge on any atom is -0.380 e. The molecule has 1 atom stereocenters. The van der Waals surface area contributed by atoms with Crippen LogP contribution in [0.4, 0.5) is 0 Å². The third kappa shape index (κ3) is 2.92. The third-order valence-electron chi connectivity index (χ3n) is 2.54. The van der Waals surface area contributed by atoms with E-state index in [-0.39, 0.29) is 6.04 Å². The van der Waals surface area contributed by atoms with Crippen LogP contribution >= 0.6 is 0 Å². The Kier molecular flexibility index (Phi) is 4.40. The Morgan fingerprint density at radius 1 is 1.39 bits per heavy atom. The summed E-state index contributed by atoms with van der Waals surface area (Å²) in [6.07, 6.45) is 1.69. The molecule has 0 fully saturated rings. The average Bonchev–Trinajstić information content (AvgIpc) is 2.90. The Bertz CT molecular complexity index is 470. The van der Waals surface area contributed by atoms with Gasteiger partial charge in [0.2, 0.25) is 0 Å².